The van der Waals surface area contributed by atoms with Crippen molar-refractivity contribution < 1.29 is 79.1 Å². The molecular formula is C18H13ClF3HgNO6. The predicted molar refractivity (Wildman–Crippen MR) is 81.3 cm³/mol. The topological polar surface area (TPSA) is 122 Å². The Kier molecular flexibility index (Phi) is 8.53. The Labute approximate surface area is 183 Å². The van der Waals surface area contributed by atoms with Gasteiger partial charge in [-0.2, -0.15) is 0 Å². The quantitative estimate of drug-likeness (QED) is 0.268. The van der Waals surface area contributed by atoms with E-state index in [0.717, 1.165) is 22.2 Å². The number of carbonyl (C=O) groups is 1. The van der Waals surface area contributed by atoms with Gasteiger partial charge in [-0.1, -0.05) is 0 Å². The van der Waals surface area contributed by atoms with Gasteiger partial charge in [-0.25, -0.2) is 18.6 Å². The molecule has 3 aromatic rings. The SMILES string of the molecule is O=C([O][Hg][CH2]c1cc[n+](-c2ccccc2)c2ccccc12)C(F)(F)F.[O-][Cl+3]([O-])([O-])[O-]. The van der Waals surface area contributed by atoms with Gasteiger partial charge in [-0.3, -0.25) is 0 Å². The number of carbonyl (C=O) groups excluding carboxylic acids is 1. The maximum atomic E-state index is 12.2. The molecule has 12 heteroatoms. The van der Waals surface area contributed by atoms with Gasteiger partial charge in [0, 0.05) is 0 Å². The van der Waals surface area contributed by atoms with Crippen LogP contribution in [0.1, 0.15) is 5.56 Å². The molecule has 0 bridgehead atoms. The van der Waals surface area contributed by atoms with Crippen LogP contribution in [-0.4, -0.2) is 12.1 Å². The summed E-state index contributed by atoms with van der Waals surface area (Å²) in [6.07, 6.45) is -3.01. The zero-order valence-corrected chi connectivity index (χ0v) is 21.4. The third kappa shape index (κ3) is 7.78. The van der Waals surface area contributed by atoms with E-state index in [0.29, 0.717) is 3.93 Å². The molecule has 0 N–H and O–H groups in total. The van der Waals surface area contributed by atoms with E-state index in [1.54, 1.807) is 0 Å². The van der Waals surface area contributed by atoms with E-state index in [1.807, 2.05) is 71.4 Å². The second kappa shape index (κ2) is 10.5. The average Bonchev–Trinajstić information content (AvgIpc) is 2.66. The van der Waals surface area contributed by atoms with Crippen LogP contribution in [0.5, 0.6) is 0 Å². The van der Waals surface area contributed by atoms with Gasteiger partial charge in [0.25, 0.3) is 0 Å². The number of hydrogen-bond acceptors (Lipinski definition) is 6. The predicted octanol–water partition coefficient (Wildman–Crippen LogP) is -1.04. The molecule has 2 aromatic carbocycles. The Morgan fingerprint density at radius 1 is 0.967 bits per heavy atom. The Hall–Kier alpha value is -1.82. The average molecular weight is 632 g/mol. The summed E-state index contributed by atoms with van der Waals surface area (Å²) in [6, 6.07) is 19.4. The Morgan fingerprint density at radius 2 is 1.53 bits per heavy atom. The first kappa shape index (κ1) is 24.4. The summed E-state index contributed by atoms with van der Waals surface area (Å²) < 4.78 is 77.6. The van der Waals surface area contributed by atoms with Crippen LogP contribution >= 0.6 is 0 Å². The number of halogens is 4. The van der Waals surface area contributed by atoms with Gasteiger partial charge >= 0.3 is 155 Å². The monoisotopic (exact) mass is 633 g/mol. The smallest absolute Gasteiger partial charge is 0.112 e. The largest absolute Gasteiger partial charge is 0.222 e. The third-order valence-corrected chi connectivity index (χ3v) is 8.51. The van der Waals surface area contributed by atoms with Gasteiger partial charge in [-0.05, 0) is 0 Å². The first-order chi connectivity index (χ1) is 14.0. The summed E-state index contributed by atoms with van der Waals surface area (Å²) in [5.74, 6) is -2.06. The number of hydrogen-bond donors (Lipinski definition) is 0. The van der Waals surface area contributed by atoms with Crippen molar-refractivity contribution >= 4 is 16.9 Å². The zero-order valence-electron chi connectivity index (χ0n) is 15.2. The van der Waals surface area contributed by atoms with Crippen LogP contribution in [0.25, 0.3) is 16.6 Å². The van der Waals surface area contributed by atoms with E-state index in [1.165, 1.54) is 0 Å². The minimum atomic E-state index is -4.94. The standard InChI is InChI=1S/C16H13N.C2HF3O2.ClHO4.Hg/c1-13-11-12-17(14-7-3-2-4-8-14)16-10-6-5-9-15(13)16;3-2(4,5)1(6)7;2-1(3,4)5;/h2-12H,1H2;(H,6,7);(H,2,3,4,5);/q+1;;;+1/p-2. The third-order valence-electron chi connectivity index (χ3n) is 3.80. The number of rotatable bonds is 4. The van der Waals surface area contributed by atoms with Crippen molar-refractivity contribution in [1.29, 1.82) is 0 Å². The second-order valence-electron chi connectivity index (χ2n) is 5.83. The molecule has 3 rings (SSSR count). The molecule has 0 fully saturated rings. The van der Waals surface area contributed by atoms with Crippen LogP contribution in [0.15, 0.2) is 66.9 Å². The molecule has 0 spiro atoms. The molecule has 0 radical (unpaired) electrons. The Morgan fingerprint density at radius 3 is 2.13 bits per heavy atom. The van der Waals surface area contributed by atoms with E-state index in [-0.39, 0.29) is 0 Å². The van der Waals surface area contributed by atoms with Crippen LogP contribution in [0.3, 0.4) is 0 Å². The molecule has 156 valence electrons. The van der Waals surface area contributed by atoms with Gasteiger partial charge in [0.2, 0.25) is 0 Å². The molecule has 0 amide bonds. The number of para-hydroxylation sites is 2. The van der Waals surface area contributed by atoms with Gasteiger partial charge < -0.3 is 0 Å². The van der Waals surface area contributed by atoms with E-state index in [4.69, 9.17) is 18.6 Å². The van der Waals surface area contributed by atoms with Crippen LogP contribution < -0.4 is 23.2 Å². The molecule has 30 heavy (non-hydrogen) atoms. The summed E-state index contributed by atoms with van der Waals surface area (Å²) in [4.78, 5) is 10.9. The van der Waals surface area contributed by atoms with Crippen molar-refractivity contribution in [3.63, 3.8) is 0 Å². The molecule has 1 aromatic heterocycles. The van der Waals surface area contributed by atoms with Crippen LogP contribution in [0, 0.1) is 10.2 Å². The van der Waals surface area contributed by atoms with Gasteiger partial charge in [0.15, 0.2) is 0 Å². The Bertz CT molecular complexity index is 993. The fourth-order valence-corrected chi connectivity index (χ4v) is 6.96. The van der Waals surface area contributed by atoms with Crippen molar-refractivity contribution in [1.82, 2.24) is 0 Å². The summed E-state index contributed by atoms with van der Waals surface area (Å²) >= 11 is -2.46. The minimum absolute atomic E-state index is 0.429. The minimum Gasteiger partial charge on any atom is -0.222 e. The number of fused-ring (bicyclic) bond motifs is 1. The maximum Gasteiger partial charge on any atom is -0.112 e. The molecule has 0 atom stereocenters. The van der Waals surface area contributed by atoms with Crippen molar-refractivity contribution in [2.45, 2.75) is 10.1 Å². The second-order valence-corrected chi connectivity index (χ2v) is 11.2. The van der Waals surface area contributed by atoms with E-state index < -0.39 is 47.4 Å². The van der Waals surface area contributed by atoms with Crippen molar-refractivity contribution in [2.75, 3.05) is 0 Å². The molecule has 1 heterocycles. The normalized spacial score (nSPS) is 11.3. The summed E-state index contributed by atoms with van der Waals surface area (Å²) in [7, 11) is -4.94. The van der Waals surface area contributed by atoms with Gasteiger partial charge in [-0.15, -0.1) is 10.2 Å². The van der Waals surface area contributed by atoms with Crippen molar-refractivity contribution in [2.24, 2.45) is 0 Å². The van der Waals surface area contributed by atoms with Crippen LogP contribution in [0.2, 0.25) is 0 Å². The Balaban J connectivity index is 0.000000575. The fraction of sp³-hybridized carbons (Fsp3) is 0.111. The van der Waals surface area contributed by atoms with Gasteiger partial charge in [0.1, 0.15) is 0 Å². The molecule has 0 aliphatic carbocycles. The van der Waals surface area contributed by atoms with E-state index >= 15 is 0 Å². The first-order valence-electron chi connectivity index (χ1n) is 8.30. The van der Waals surface area contributed by atoms with Crippen molar-refractivity contribution in [3.05, 3.63) is 72.4 Å². The number of nitrogens with zero attached hydrogens (tertiary/aromatic N) is 1. The fourth-order valence-electron chi connectivity index (χ4n) is 2.66. The van der Waals surface area contributed by atoms with Crippen LogP contribution in [0.4, 0.5) is 13.2 Å². The molecule has 0 saturated carbocycles. The molecule has 0 saturated heterocycles. The van der Waals surface area contributed by atoms with E-state index in [2.05, 4.69) is 2.64 Å². The first-order valence-corrected chi connectivity index (χ1v) is 15.7. The molecule has 0 unspecified atom stereocenters. The summed E-state index contributed by atoms with van der Waals surface area (Å²) in [5, 5.41) is 0.955. The molecular weight excluding hydrogens is 619 g/mol. The van der Waals surface area contributed by atoms with E-state index in [9.17, 15) is 18.0 Å². The zero-order chi connectivity index (χ0) is 22.4. The summed E-state index contributed by atoms with van der Waals surface area (Å²) in [5.41, 5.74) is 2.87. The van der Waals surface area contributed by atoms with Crippen molar-refractivity contribution in [3.8, 4) is 5.69 Å². The molecule has 0 aliphatic heterocycles. The molecule has 7 nitrogen and oxygen atoms in total. The number of benzene rings is 2. The maximum absolute atomic E-state index is 12.2. The number of pyridine rings is 1. The van der Waals surface area contributed by atoms with Gasteiger partial charge in [0.05, 0.1) is 0 Å². The number of aromatic nitrogens is 1. The number of alkyl halides is 3. The summed E-state index contributed by atoms with van der Waals surface area (Å²) in [6.45, 7) is 0. The molecule has 0 aliphatic rings. The van der Waals surface area contributed by atoms with Crippen LogP contribution in [-0.2, 0) is 36.4 Å².